The summed E-state index contributed by atoms with van der Waals surface area (Å²) in [5.74, 6) is -2.18. The predicted molar refractivity (Wildman–Crippen MR) is 56.9 cm³/mol. The molecule has 0 saturated heterocycles. The average molecular weight is 285 g/mol. The van der Waals surface area contributed by atoms with Gasteiger partial charge in [-0.3, -0.25) is 4.79 Å². The number of rotatable bonds is 4. The van der Waals surface area contributed by atoms with Crippen molar-refractivity contribution >= 4 is 17.6 Å². The second kappa shape index (κ2) is 5.56. The molecule has 0 spiro atoms. The van der Waals surface area contributed by atoms with Gasteiger partial charge in [-0.05, 0) is 24.1 Å². The van der Waals surface area contributed by atoms with Gasteiger partial charge < -0.3 is 5.11 Å². The fourth-order valence-corrected chi connectivity index (χ4v) is 1.75. The van der Waals surface area contributed by atoms with Gasteiger partial charge >= 0.3 is 12.1 Å². The Kier molecular flexibility index (Phi) is 4.56. The molecule has 0 saturated carbocycles. The van der Waals surface area contributed by atoms with Gasteiger partial charge in [0.1, 0.15) is 5.82 Å². The molecular weight excluding hydrogens is 276 g/mol. The van der Waals surface area contributed by atoms with Gasteiger partial charge in [-0.15, -0.1) is 11.6 Å². The lowest BCUT2D eigenvalue weighted by Gasteiger charge is -2.16. The molecule has 0 aliphatic carbocycles. The average Bonchev–Trinajstić information content (AvgIpc) is 2.24. The van der Waals surface area contributed by atoms with Gasteiger partial charge in [0.2, 0.25) is 0 Å². The molecule has 1 rings (SSSR count). The van der Waals surface area contributed by atoms with Crippen LogP contribution in [0.2, 0.25) is 0 Å². The summed E-state index contributed by atoms with van der Waals surface area (Å²) in [6, 6.07) is 2.14. The Labute approximate surface area is 105 Å². The van der Waals surface area contributed by atoms with Gasteiger partial charge in [-0.25, -0.2) is 4.39 Å². The number of hydrogen-bond donors (Lipinski definition) is 1. The SMILES string of the molecule is O=C(O)CCC(Cl)c1ccc(F)cc1C(F)(F)F. The number of halogens is 5. The number of carboxylic acids is 1. The van der Waals surface area contributed by atoms with E-state index in [0.29, 0.717) is 6.07 Å². The van der Waals surface area contributed by atoms with E-state index in [1.165, 1.54) is 0 Å². The Morgan fingerprint density at radius 2 is 2.00 bits per heavy atom. The van der Waals surface area contributed by atoms with Crippen molar-refractivity contribution < 1.29 is 27.5 Å². The van der Waals surface area contributed by atoms with Crippen LogP contribution in [-0.2, 0) is 11.0 Å². The lowest BCUT2D eigenvalue weighted by Crippen LogP contribution is -2.11. The highest BCUT2D eigenvalue weighted by Gasteiger charge is 2.35. The molecule has 0 radical (unpaired) electrons. The van der Waals surface area contributed by atoms with Gasteiger partial charge in [-0.1, -0.05) is 6.07 Å². The van der Waals surface area contributed by atoms with Gasteiger partial charge in [0.25, 0.3) is 0 Å². The van der Waals surface area contributed by atoms with Crippen molar-refractivity contribution in [1.82, 2.24) is 0 Å². The van der Waals surface area contributed by atoms with Crippen LogP contribution in [0.3, 0.4) is 0 Å². The molecule has 0 bridgehead atoms. The Balaban J connectivity index is 3.04. The Morgan fingerprint density at radius 3 is 2.50 bits per heavy atom. The number of aliphatic carboxylic acids is 1. The number of alkyl halides is 4. The van der Waals surface area contributed by atoms with Gasteiger partial charge in [0, 0.05) is 6.42 Å². The Bertz CT molecular complexity index is 445. The standard InChI is InChI=1S/C11H9ClF4O2/c12-9(3-4-10(17)18)7-2-1-6(13)5-8(7)11(14,15)16/h1-2,5,9H,3-4H2,(H,17,18). The topological polar surface area (TPSA) is 37.3 Å². The molecule has 0 aliphatic rings. The van der Waals surface area contributed by atoms with Crippen LogP contribution in [0.4, 0.5) is 17.6 Å². The van der Waals surface area contributed by atoms with Crippen LogP contribution in [0.25, 0.3) is 0 Å². The van der Waals surface area contributed by atoms with E-state index in [4.69, 9.17) is 16.7 Å². The molecule has 2 nitrogen and oxygen atoms in total. The molecule has 1 aromatic carbocycles. The summed E-state index contributed by atoms with van der Waals surface area (Å²) in [7, 11) is 0. The van der Waals surface area contributed by atoms with Crippen LogP contribution in [0.5, 0.6) is 0 Å². The molecule has 18 heavy (non-hydrogen) atoms. The fourth-order valence-electron chi connectivity index (χ4n) is 1.45. The fraction of sp³-hybridized carbons (Fsp3) is 0.364. The summed E-state index contributed by atoms with van der Waals surface area (Å²) in [6.45, 7) is 0. The number of hydrogen-bond acceptors (Lipinski definition) is 1. The van der Waals surface area contributed by atoms with Gasteiger partial charge in [0.05, 0.1) is 10.9 Å². The highest BCUT2D eigenvalue weighted by molar-refractivity contribution is 6.21. The van der Waals surface area contributed by atoms with Crippen molar-refractivity contribution in [1.29, 1.82) is 0 Å². The first-order valence-electron chi connectivity index (χ1n) is 4.94. The zero-order valence-corrected chi connectivity index (χ0v) is 9.72. The molecule has 7 heteroatoms. The van der Waals surface area contributed by atoms with Crippen molar-refractivity contribution in [3.05, 3.63) is 35.1 Å². The monoisotopic (exact) mass is 284 g/mol. The second-order valence-electron chi connectivity index (χ2n) is 3.63. The summed E-state index contributed by atoms with van der Waals surface area (Å²) in [4.78, 5) is 10.3. The number of benzene rings is 1. The van der Waals surface area contributed by atoms with Crippen LogP contribution in [-0.4, -0.2) is 11.1 Å². The Morgan fingerprint density at radius 1 is 1.39 bits per heavy atom. The maximum Gasteiger partial charge on any atom is 0.416 e. The minimum atomic E-state index is -4.73. The molecule has 1 N–H and O–H groups in total. The smallest absolute Gasteiger partial charge is 0.416 e. The molecule has 0 heterocycles. The maximum absolute atomic E-state index is 12.8. The van der Waals surface area contributed by atoms with Crippen molar-refractivity contribution in [2.75, 3.05) is 0 Å². The minimum Gasteiger partial charge on any atom is -0.481 e. The molecule has 0 amide bonds. The van der Waals surface area contributed by atoms with Crippen LogP contribution in [0.1, 0.15) is 29.3 Å². The summed E-state index contributed by atoms with van der Waals surface area (Å²) < 4.78 is 50.8. The van der Waals surface area contributed by atoms with E-state index in [1.807, 2.05) is 0 Å². The van der Waals surface area contributed by atoms with Crippen molar-refractivity contribution in [3.63, 3.8) is 0 Å². The third kappa shape index (κ3) is 3.87. The molecule has 0 aliphatic heterocycles. The first-order valence-corrected chi connectivity index (χ1v) is 5.38. The first kappa shape index (κ1) is 14.8. The number of carboxylic acid groups (broad SMARTS) is 1. The molecule has 0 fully saturated rings. The molecular formula is C11H9ClF4O2. The normalized spacial score (nSPS) is 13.4. The molecule has 1 aromatic rings. The van der Waals surface area contributed by atoms with Crippen LogP contribution in [0, 0.1) is 5.82 Å². The molecule has 1 atom stereocenters. The van der Waals surface area contributed by atoms with Crippen LogP contribution in [0.15, 0.2) is 18.2 Å². The zero-order chi connectivity index (χ0) is 13.9. The Hall–Kier alpha value is -1.30. The van der Waals surface area contributed by atoms with Gasteiger partial charge in [0.15, 0.2) is 0 Å². The third-order valence-corrected chi connectivity index (χ3v) is 2.72. The molecule has 1 unspecified atom stereocenters. The van der Waals surface area contributed by atoms with Crippen molar-refractivity contribution in [2.45, 2.75) is 24.4 Å². The lowest BCUT2D eigenvalue weighted by molar-refractivity contribution is -0.138. The summed E-state index contributed by atoms with van der Waals surface area (Å²) in [5.41, 5.74) is -1.49. The van der Waals surface area contributed by atoms with Crippen LogP contribution >= 0.6 is 11.6 Å². The number of carbonyl (C=O) groups is 1. The van der Waals surface area contributed by atoms with E-state index in [0.717, 1.165) is 12.1 Å². The van der Waals surface area contributed by atoms with E-state index in [1.54, 1.807) is 0 Å². The quantitative estimate of drug-likeness (QED) is 0.670. The maximum atomic E-state index is 12.8. The summed E-state index contributed by atoms with van der Waals surface area (Å²) >= 11 is 5.73. The summed E-state index contributed by atoms with van der Waals surface area (Å²) in [6.07, 6.45) is -5.25. The highest BCUT2D eigenvalue weighted by atomic mass is 35.5. The highest BCUT2D eigenvalue weighted by Crippen LogP contribution is 2.38. The molecule has 100 valence electrons. The van der Waals surface area contributed by atoms with E-state index in [9.17, 15) is 22.4 Å². The second-order valence-corrected chi connectivity index (χ2v) is 4.16. The third-order valence-electron chi connectivity index (χ3n) is 2.27. The largest absolute Gasteiger partial charge is 0.481 e. The predicted octanol–water partition coefficient (Wildman–Crippen LogP) is 3.99. The van der Waals surface area contributed by atoms with E-state index in [-0.39, 0.29) is 18.4 Å². The zero-order valence-electron chi connectivity index (χ0n) is 8.97. The van der Waals surface area contributed by atoms with E-state index >= 15 is 0 Å². The van der Waals surface area contributed by atoms with Gasteiger partial charge in [-0.2, -0.15) is 13.2 Å². The van der Waals surface area contributed by atoms with E-state index < -0.39 is 28.9 Å². The van der Waals surface area contributed by atoms with Crippen molar-refractivity contribution in [3.8, 4) is 0 Å². The molecule has 0 aromatic heterocycles. The van der Waals surface area contributed by atoms with Crippen LogP contribution < -0.4 is 0 Å². The minimum absolute atomic E-state index is 0.161. The lowest BCUT2D eigenvalue weighted by atomic mass is 10.0. The van der Waals surface area contributed by atoms with E-state index in [2.05, 4.69) is 0 Å². The first-order chi connectivity index (χ1) is 8.21. The summed E-state index contributed by atoms with van der Waals surface area (Å²) in [5, 5.41) is 7.32. The van der Waals surface area contributed by atoms with Crippen molar-refractivity contribution in [2.24, 2.45) is 0 Å².